The van der Waals surface area contributed by atoms with E-state index in [1.54, 1.807) is 24.3 Å². The van der Waals surface area contributed by atoms with Gasteiger partial charge in [0.2, 0.25) is 11.6 Å². The number of para-hydroxylation sites is 4. The summed E-state index contributed by atoms with van der Waals surface area (Å²) in [6.45, 7) is 0. The molecule has 8 aromatic carbocycles. The predicted molar refractivity (Wildman–Crippen MR) is 222 cm³/mol. The summed E-state index contributed by atoms with van der Waals surface area (Å²) in [7, 11) is 0. The third-order valence-corrected chi connectivity index (χ3v) is 9.48. The average molecular weight is 697 g/mol. The summed E-state index contributed by atoms with van der Waals surface area (Å²) in [6, 6.07) is 72.3. The summed E-state index contributed by atoms with van der Waals surface area (Å²) >= 11 is 0. The van der Waals surface area contributed by atoms with E-state index < -0.39 is 11.6 Å². The van der Waals surface area contributed by atoms with Crippen LogP contribution in [0, 0.1) is 0 Å². The molecule has 0 aromatic heterocycles. The molecule has 0 unspecified atom stereocenters. The van der Waals surface area contributed by atoms with Gasteiger partial charge in [-0.15, -0.1) is 0 Å². The van der Waals surface area contributed by atoms with E-state index in [4.69, 9.17) is 0 Å². The molecule has 0 fully saturated rings. The number of ketones is 2. The van der Waals surface area contributed by atoms with Crippen LogP contribution in [0.1, 0.15) is 20.7 Å². The van der Waals surface area contributed by atoms with Crippen molar-refractivity contribution in [2.24, 2.45) is 0 Å². The number of hydrogen-bond acceptors (Lipinski definition) is 4. The van der Waals surface area contributed by atoms with Crippen LogP contribution in [0.2, 0.25) is 0 Å². The van der Waals surface area contributed by atoms with E-state index in [-0.39, 0.29) is 0 Å². The maximum Gasteiger partial charge on any atom is 0.233 e. The minimum absolute atomic E-state index is 0.362. The molecule has 0 heterocycles. The Balaban J connectivity index is 0.952. The number of carbonyl (C=O) groups is 2. The first-order chi connectivity index (χ1) is 26.6. The molecule has 54 heavy (non-hydrogen) atoms. The zero-order valence-corrected chi connectivity index (χ0v) is 29.5. The molecule has 0 radical (unpaired) electrons. The molecule has 4 heteroatoms. The summed E-state index contributed by atoms with van der Waals surface area (Å²) in [4.78, 5) is 31.1. The highest BCUT2D eigenvalue weighted by atomic mass is 16.2. The fourth-order valence-electron chi connectivity index (χ4n) is 6.70. The van der Waals surface area contributed by atoms with Crippen LogP contribution >= 0.6 is 0 Å². The van der Waals surface area contributed by atoms with Crippen molar-refractivity contribution in [1.29, 1.82) is 0 Å². The second-order valence-electron chi connectivity index (χ2n) is 12.9. The van der Waals surface area contributed by atoms with E-state index >= 15 is 0 Å². The normalized spacial score (nSPS) is 10.7. The molecule has 8 rings (SSSR count). The maximum absolute atomic E-state index is 13.3. The van der Waals surface area contributed by atoms with Gasteiger partial charge in [-0.05, 0) is 95.1 Å². The lowest BCUT2D eigenvalue weighted by Crippen LogP contribution is -2.14. The number of carbonyl (C=O) groups excluding carboxylic acids is 2. The Kier molecular flexibility index (Phi) is 9.72. The van der Waals surface area contributed by atoms with Gasteiger partial charge in [0, 0.05) is 45.3 Å². The topological polar surface area (TPSA) is 40.6 Å². The number of hydrogen-bond donors (Lipinski definition) is 0. The van der Waals surface area contributed by atoms with Gasteiger partial charge in [-0.3, -0.25) is 9.59 Å². The minimum atomic E-state index is -0.530. The first-order valence-electron chi connectivity index (χ1n) is 17.9. The number of nitrogens with zero attached hydrogens (tertiary/aromatic N) is 2. The standard InChI is InChI=1S/C50H36N2O2/c53-49(41-25-21-37(22-26-41)39-29-33-47(34-30-39)51(43-13-5-1-6-14-43)44-15-7-2-8-16-44)50(54)42-27-23-38(24-28-42)40-31-35-48(36-32-40)52(45-17-9-3-10-18-45)46-19-11-4-12-20-46/h1-36H. The SMILES string of the molecule is O=C(C(=O)c1ccc(-c2ccc(N(c3ccccc3)c3ccccc3)cc2)cc1)c1ccc(-c2ccc(N(c3ccccc3)c3ccccc3)cc2)cc1. The molecule has 0 saturated carbocycles. The van der Waals surface area contributed by atoms with Crippen LogP contribution < -0.4 is 9.80 Å². The van der Waals surface area contributed by atoms with Crippen molar-refractivity contribution in [3.05, 3.63) is 230 Å². The Morgan fingerprint density at radius 3 is 0.685 bits per heavy atom. The third-order valence-electron chi connectivity index (χ3n) is 9.48. The van der Waals surface area contributed by atoms with Crippen molar-refractivity contribution in [2.45, 2.75) is 0 Å². The third kappa shape index (κ3) is 7.22. The van der Waals surface area contributed by atoms with Crippen LogP contribution in [-0.2, 0) is 0 Å². The van der Waals surface area contributed by atoms with Crippen LogP contribution in [0.15, 0.2) is 218 Å². The first kappa shape index (κ1) is 33.8. The maximum atomic E-state index is 13.3. The Labute approximate surface area is 315 Å². The second kappa shape index (κ2) is 15.5. The molecule has 0 saturated heterocycles. The number of benzene rings is 8. The van der Waals surface area contributed by atoms with Gasteiger partial charge >= 0.3 is 0 Å². The number of Topliss-reactive ketones (excluding diaryl/α,β-unsaturated/α-hetero) is 2. The summed E-state index contributed by atoms with van der Waals surface area (Å²) in [5, 5.41) is 0. The van der Waals surface area contributed by atoms with Gasteiger partial charge in [0.05, 0.1) is 0 Å². The zero-order valence-electron chi connectivity index (χ0n) is 29.5. The fourth-order valence-corrected chi connectivity index (χ4v) is 6.70. The van der Waals surface area contributed by atoms with Gasteiger partial charge in [0.25, 0.3) is 0 Å². The zero-order chi connectivity index (χ0) is 36.7. The molecule has 0 bridgehead atoms. The Morgan fingerprint density at radius 2 is 0.444 bits per heavy atom. The number of rotatable bonds is 11. The molecule has 258 valence electrons. The van der Waals surface area contributed by atoms with Gasteiger partial charge in [-0.25, -0.2) is 0 Å². The van der Waals surface area contributed by atoms with Crippen LogP contribution in [0.3, 0.4) is 0 Å². The molecule has 0 amide bonds. The van der Waals surface area contributed by atoms with E-state index in [9.17, 15) is 9.59 Å². The summed E-state index contributed by atoms with van der Waals surface area (Å²) < 4.78 is 0. The second-order valence-corrected chi connectivity index (χ2v) is 12.9. The molecule has 0 spiro atoms. The molecule has 8 aromatic rings. The van der Waals surface area contributed by atoms with E-state index in [2.05, 4.69) is 107 Å². The lowest BCUT2D eigenvalue weighted by molar-refractivity contribution is 0.0817. The predicted octanol–water partition coefficient (Wildman–Crippen LogP) is 13.0. The lowest BCUT2D eigenvalue weighted by atomic mass is 9.97. The van der Waals surface area contributed by atoms with Crippen LogP contribution in [0.25, 0.3) is 22.3 Å². The lowest BCUT2D eigenvalue weighted by Gasteiger charge is -2.25. The molecule has 0 aliphatic rings. The Bertz CT molecular complexity index is 2210. The van der Waals surface area contributed by atoms with Gasteiger partial charge in [-0.2, -0.15) is 0 Å². The number of anilines is 6. The van der Waals surface area contributed by atoms with Crippen molar-refractivity contribution in [1.82, 2.24) is 0 Å². The van der Waals surface area contributed by atoms with Crippen molar-refractivity contribution >= 4 is 45.7 Å². The van der Waals surface area contributed by atoms with Crippen molar-refractivity contribution < 1.29 is 9.59 Å². The van der Waals surface area contributed by atoms with Crippen LogP contribution in [0.4, 0.5) is 34.1 Å². The van der Waals surface area contributed by atoms with Crippen LogP contribution in [-0.4, -0.2) is 11.6 Å². The van der Waals surface area contributed by atoms with Crippen molar-refractivity contribution in [2.75, 3.05) is 9.80 Å². The Morgan fingerprint density at radius 1 is 0.241 bits per heavy atom. The molecular formula is C50H36N2O2. The smallest absolute Gasteiger partial charge is 0.233 e. The van der Waals surface area contributed by atoms with Gasteiger partial charge < -0.3 is 9.80 Å². The molecule has 0 N–H and O–H groups in total. The fraction of sp³-hybridized carbons (Fsp3) is 0. The quantitative estimate of drug-likeness (QED) is 0.0997. The molecule has 0 atom stereocenters. The van der Waals surface area contributed by atoms with E-state index in [1.807, 2.05) is 97.1 Å². The highest BCUT2D eigenvalue weighted by Gasteiger charge is 2.19. The highest BCUT2D eigenvalue weighted by Crippen LogP contribution is 2.37. The van der Waals surface area contributed by atoms with E-state index in [1.165, 1.54) is 0 Å². The summed E-state index contributed by atoms with van der Waals surface area (Å²) in [6.07, 6.45) is 0. The molecule has 4 nitrogen and oxygen atoms in total. The first-order valence-corrected chi connectivity index (χ1v) is 17.9. The average Bonchev–Trinajstić information content (AvgIpc) is 3.25. The Hall–Kier alpha value is -7.30. The summed E-state index contributed by atoms with van der Waals surface area (Å²) in [5.74, 6) is -1.06. The molecule has 0 aliphatic heterocycles. The van der Waals surface area contributed by atoms with Crippen molar-refractivity contribution in [3.8, 4) is 22.3 Å². The monoisotopic (exact) mass is 696 g/mol. The van der Waals surface area contributed by atoms with E-state index in [0.29, 0.717) is 11.1 Å². The van der Waals surface area contributed by atoms with Gasteiger partial charge in [-0.1, -0.05) is 146 Å². The highest BCUT2D eigenvalue weighted by molar-refractivity contribution is 6.49. The van der Waals surface area contributed by atoms with Crippen LogP contribution in [0.5, 0.6) is 0 Å². The molecular weight excluding hydrogens is 661 g/mol. The van der Waals surface area contributed by atoms with Gasteiger partial charge in [0.1, 0.15) is 0 Å². The molecule has 0 aliphatic carbocycles. The summed E-state index contributed by atoms with van der Waals surface area (Å²) in [5.41, 5.74) is 11.0. The largest absolute Gasteiger partial charge is 0.311 e. The van der Waals surface area contributed by atoms with Crippen molar-refractivity contribution in [3.63, 3.8) is 0 Å². The van der Waals surface area contributed by atoms with E-state index in [0.717, 1.165) is 56.4 Å². The van der Waals surface area contributed by atoms with Gasteiger partial charge in [0.15, 0.2) is 0 Å². The minimum Gasteiger partial charge on any atom is -0.311 e.